The zero-order valence-electron chi connectivity index (χ0n) is 11.7. The van der Waals surface area contributed by atoms with Crippen LogP contribution >= 0.6 is 15.9 Å². The van der Waals surface area contributed by atoms with E-state index in [9.17, 15) is 0 Å². The Bertz CT molecular complexity index is 624. The van der Waals surface area contributed by atoms with Crippen molar-refractivity contribution in [1.29, 1.82) is 5.26 Å². The lowest BCUT2D eigenvalue weighted by molar-refractivity contribution is 0.583. The summed E-state index contributed by atoms with van der Waals surface area (Å²) >= 11 is 3.56. The Hall–Kier alpha value is -1.54. The van der Waals surface area contributed by atoms with E-state index in [1.807, 2.05) is 6.07 Å². The van der Waals surface area contributed by atoms with Crippen molar-refractivity contribution in [2.75, 3.05) is 5.32 Å². The van der Waals surface area contributed by atoms with Crippen molar-refractivity contribution in [3.63, 3.8) is 0 Å². The number of furan rings is 1. The minimum atomic E-state index is 0.304. The summed E-state index contributed by atoms with van der Waals surface area (Å²) in [5.41, 5.74) is 0.626. The molecule has 0 saturated carbocycles. The number of halogens is 1. The van der Waals surface area contributed by atoms with E-state index in [4.69, 9.17) is 9.68 Å². The first-order valence-corrected chi connectivity index (χ1v) is 7.73. The molecule has 0 atom stereocenters. The van der Waals surface area contributed by atoms with Gasteiger partial charge in [-0.1, -0.05) is 26.7 Å². The fourth-order valence-electron chi connectivity index (χ4n) is 2.31. The maximum atomic E-state index is 8.89. The van der Waals surface area contributed by atoms with Gasteiger partial charge in [-0.2, -0.15) is 5.26 Å². The largest absolute Gasteiger partial charge is 0.444 e. The van der Waals surface area contributed by atoms with Crippen molar-refractivity contribution in [3.8, 4) is 6.07 Å². The third-order valence-electron chi connectivity index (χ3n) is 3.24. The zero-order chi connectivity index (χ0) is 14.5. The minimum Gasteiger partial charge on any atom is -0.444 e. The smallest absolute Gasteiger partial charge is 0.204 e. The second-order valence-corrected chi connectivity index (χ2v) is 5.63. The highest BCUT2D eigenvalue weighted by Crippen LogP contribution is 2.32. The normalized spacial score (nSPS) is 10.9. The summed E-state index contributed by atoms with van der Waals surface area (Å²) in [6.45, 7) is 4.37. The van der Waals surface area contributed by atoms with E-state index in [0.717, 1.165) is 41.4 Å². The monoisotopic (exact) mass is 335 g/mol. The quantitative estimate of drug-likeness (QED) is 0.820. The number of nitriles is 1. The summed E-state index contributed by atoms with van der Waals surface area (Å²) in [7, 11) is 0. The molecule has 0 radical (unpaired) electrons. The van der Waals surface area contributed by atoms with Crippen LogP contribution in [0, 0.1) is 11.3 Å². The molecule has 0 aliphatic heterocycles. The van der Waals surface area contributed by atoms with E-state index < -0.39 is 0 Å². The molecule has 106 valence electrons. The van der Waals surface area contributed by atoms with Gasteiger partial charge in [-0.25, -0.2) is 4.98 Å². The number of hydrogen-bond donors (Lipinski definition) is 1. The number of rotatable bonds is 6. The second-order valence-electron chi connectivity index (χ2n) is 4.84. The molecule has 2 rings (SSSR count). The SMILES string of the molecule is CCCC(CCC)Nc1ncc2oc(C#N)cc2c1Br. The zero-order valence-corrected chi connectivity index (χ0v) is 13.3. The lowest BCUT2D eigenvalue weighted by Gasteiger charge is -2.18. The van der Waals surface area contributed by atoms with E-state index in [2.05, 4.69) is 40.1 Å². The van der Waals surface area contributed by atoms with Gasteiger partial charge >= 0.3 is 0 Å². The van der Waals surface area contributed by atoms with Crippen molar-refractivity contribution in [3.05, 3.63) is 22.5 Å². The Morgan fingerprint density at radius 1 is 1.40 bits per heavy atom. The molecule has 0 aromatic carbocycles. The molecule has 5 heteroatoms. The van der Waals surface area contributed by atoms with Crippen molar-refractivity contribution in [2.24, 2.45) is 0 Å². The first-order chi connectivity index (χ1) is 9.69. The molecule has 2 aromatic heterocycles. The molecule has 0 amide bonds. The van der Waals surface area contributed by atoms with Crippen LogP contribution in [0.1, 0.15) is 45.3 Å². The van der Waals surface area contributed by atoms with E-state index in [1.165, 1.54) is 0 Å². The van der Waals surface area contributed by atoms with Crippen LogP contribution in [0.25, 0.3) is 11.0 Å². The van der Waals surface area contributed by atoms with E-state index >= 15 is 0 Å². The second kappa shape index (κ2) is 6.76. The molecule has 0 aliphatic carbocycles. The van der Waals surface area contributed by atoms with Gasteiger partial charge in [-0.05, 0) is 28.8 Å². The fourth-order valence-corrected chi connectivity index (χ4v) is 2.84. The summed E-state index contributed by atoms with van der Waals surface area (Å²) < 4.78 is 6.23. The van der Waals surface area contributed by atoms with Crippen LogP contribution < -0.4 is 5.32 Å². The molecule has 0 spiro atoms. The molecule has 0 unspecified atom stereocenters. The van der Waals surface area contributed by atoms with Crippen molar-refractivity contribution < 1.29 is 4.42 Å². The maximum Gasteiger partial charge on any atom is 0.204 e. The van der Waals surface area contributed by atoms with Crippen molar-refractivity contribution >= 4 is 32.7 Å². The first kappa shape index (κ1) is 14.9. The molecule has 0 bridgehead atoms. The van der Waals surface area contributed by atoms with Crippen LogP contribution in [0.5, 0.6) is 0 Å². The highest BCUT2D eigenvalue weighted by Gasteiger charge is 2.14. The molecular weight excluding hydrogens is 318 g/mol. The van der Waals surface area contributed by atoms with Crippen LogP contribution in [-0.2, 0) is 0 Å². The Balaban J connectivity index is 2.30. The number of anilines is 1. The Labute approximate surface area is 127 Å². The number of nitrogens with one attached hydrogen (secondary N) is 1. The van der Waals surface area contributed by atoms with Gasteiger partial charge in [0.25, 0.3) is 0 Å². The van der Waals surface area contributed by atoms with Crippen molar-refractivity contribution in [2.45, 2.75) is 45.6 Å². The van der Waals surface area contributed by atoms with Crippen LogP contribution in [0.3, 0.4) is 0 Å². The molecule has 4 nitrogen and oxygen atoms in total. The molecule has 1 N–H and O–H groups in total. The molecule has 20 heavy (non-hydrogen) atoms. The van der Waals surface area contributed by atoms with E-state index in [0.29, 0.717) is 17.4 Å². The molecular formula is C15H18BrN3O. The standard InChI is InChI=1S/C15H18BrN3O/c1-3-5-10(6-4-2)19-15-14(16)12-7-11(8-17)20-13(12)9-18-15/h7,9-10H,3-6H2,1-2H3,(H,18,19). The minimum absolute atomic E-state index is 0.304. The van der Waals surface area contributed by atoms with Crippen LogP contribution in [0.15, 0.2) is 21.2 Å². The number of aromatic nitrogens is 1. The summed E-state index contributed by atoms with van der Waals surface area (Å²) in [5.74, 6) is 1.12. The average Bonchev–Trinajstić information content (AvgIpc) is 2.86. The number of hydrogen-bond acceptors (Lipinski definition) is 4. The molecule has 0 aliphatic rings. The van der Waals surface area contributed by atoms with Gasteiger partial charge in [0.15, 0.2) is 5.58 Å². The molecule has 0 saturated heterocycles. The maximum absolute atomic E-state index is 8.89. The van der Waals surface area contributed by atoms with Crippen molar-refractivity contribution in [1.82, 2.24) is 4.98 Å². The van der Waals surface area contributed by atoms with E-state index in [-0.39, 0.29) is 0 Å². The van der Waals surface area contributed by atoms with Gasteiger partial charge in [-0.15, -0.1) is 0 Å². The third-order valence-corrected chi connectivity index (χ3v) is 4.04. The summed E-state index contributed by atoms with van der Waals surface area (Å²) in [5, 5.41) is 13.3. The Morgan fingerprint density at radius 2 is 2.10 bits per heavy atom. The fraction of sp³-hybridized carbons (Fsp3) is 0.467. The predicted molar refractivity (Wildman–Crippen MR) is 83.7 cm³/mol. The van der Waals surface area contributed by atoms with Crippen LogP contribution in [0.4, 0.5) is 5.82 Å². The van der Waals surface area contributed by atoms with Gasteiger partial charge in [0.05, 0.1) is 10.7 Å². The van der Waals surface area contributed by atoms with E-state index in [1.54, 1.807) is 12.3 Å². The van der Waals surface area contributed by atoms with Gasteiger partial charge in [-0.3, -0.25) is 0 Å². The predicted octanol–water partition coefficient (Wildman–Crippen LogP) is 4.84. The third kappa shape index (κ3) is 3.13. The lowest BCUT2D eigenvalue weighted by Crippen LogP contribution is -2.19. The molecule has 2 aromatic rings. The Morgan fingerprint density at radius 3 is 2.70 bits per heavy atom. The first-order valence-electron chi connectivity index (χ1n) is 6.94. The number of fused-ring (bicyclic) bond motifs is 1. The molecule has 0 fully saturated rings. The summed E-state index contributed by atoms with van der Waals surface area (Å²) in [4.78, 5) is 4.40. The summed E-state index contributed by atoms with van der Waals surface area (Å²) in [6, 6.07) is 4.17. The van der Waals surface area contributed by atoms with Crippen LogP contribution in [-0.4, -0.2) is 11.0 Å². The van der Waals surface area contributed by atoms with Gasteiger partial charge in [0, 0.05) is 17.5 Å². The van der Waals surface area contributed by atoms with Gasteiger partial charge < -0.3 is 9.73 Å². The van der Waals surface area contributed by atoms with Crippen LogP contribution in [0.2, 0.25) is 0 Å². The topological polar surface area (TPSA) is 61.9 Å². The molecule has 2 heterocycles. The lowest BCUT2D eigenvalue weighted by atomic mass is 10.1. The highest BCUT2D eigenvalue weighted by atomic mass is 79.9. The van der Waals surface area contributed by atoms with Gasteiger partial charge in [0.1, 0.15) is 11.9 Å². The highest BCUT2D eigenvalue weighted by molar-refractivity contribution is 9.10. The number of pyridine rings is 1. The number of nitrogens with zero attached hydrogens (tertiary/aromatic N) is 2. The summed E-state index contributed by atoms with van der Waals surface area (Å²) in [6.07, 6.45) is 6.19. The average molecular weight is 336 g/mol. The van der Waals surface area contributed by atoms with Gasteiger partial charge in [0.2, 0.25) is 5.76 Å². The Kier molecular flexibility index (Phi) is 5.02.